The Bertz CT molecular complexity index is 620. The lowest BCUT2D eigenvalue weighted by molar-refractivity contribution is 0.422. The molecule has 0 spiro atoms. The number of aromatic nitrogens is 4. The van der Waals surface area contributed by atoms with E-state index in [0.717, 1.165) is 29.9 Å². The smallest absolute Gasteiger partial charge is 0.159 e. The van der Waals surface area contributed by atoms with Crippen LogP contribution in [0.5, 0.6) is 0 Å². The minimum absolute atomic E-state index is 0.265. The van der Waals surface area contributed by atoms with Crippen LogP contribution in [0.4, 0.5) is 4.39 Å². The third-order valence-corrected chi connectivity index (χ3v) is 4.54. The van der Waals surface area contributed by atoms with Gasteiger partial charge in [0.1, 0.15) is 5.82 Å². The van der Waals surface area contributed by atoms with E-state index in [4.69, 9.17) is 0 Å². The molecule has 1 heterocycles. The molecule has 20 heavy (non-hydrogen) atoms. The Labute approximate surface area is 125 Å². The molecule has 0 radical (unpaired) electrons. The molecule has 2 aromatic rings. The summed E-state index contributed by atoms with van der Waals surface area (Å²) in [5, 5.41) is 12.1. The first-order valence-electron chi connectivity index (χ1n) is 6.91. The number of hydrogen-bond donors (Lipinski definition) is 0. The molecule has 0 amide bonds. The third kappa shape index (κ3) is 2.49. The van der Waals surface area contributed by atoms with Crippen molar-refractivity contribution >= 4 is 15.9 Å². The molecule has 1 fully saturated rings. The van der Waals surface area contributed by atoms with Gasteiger partial charge in [0.2, 0.25) is 0 Å². The molecule has 0 unspecified atom stereocenters. The molecule has 0 saturated heterocycles. The van der Waals surface area contributed by atoms with Gasteiger partial charge in [0.05, 0.1) is 10.2 Å². The van der Waals surface area contributed by atoms with Gasteiger partial charge in [0.15, 0.2) is 5.82 Å². The highest BCUT2D eigenvalue weighted by Crippen LogP contribution is 2.33. The number of halogens is 2. The standard InChI is InChI=1S/C14H16BrFN4/c1-9-7-12(16)11(15)8-13(9)20-14(17-18-19-20)10-5-3-2-4-6-10/h7-8,10H,2-6H2,1H3. The molecule has 1 aromatic carbocycles. The Morgan fingerprint density at radius 3 is 2.75 bits per heavy atom. The molecule has 106 valence electrons. The molecule has 3 rings (SSSR count). The first-order valence-corrected chi connectivity index (χ1v) is 7.70. The highest BCUT2D eigenvalue weighted by Gasteiger charge is 2.23. The van der Waals surface area contributed by atoms with Crippen LogP contribution in [0, 0.1) is 12.7 Å². The number of tetrazole rings is 1. The quantitative estimate of drug-likeness (QED) is 0.833. The molecule has 1 aromatic heterocycles. The van der Waals surface area contributed by atoms with Crippen molar-refractivity contribution in [2.24, 2.45) is 0 Å². The average Bonchev–Trinajstić information content (AvgIpc) is 2.93. The van der Waals surface area contributed by atoms with Gasteiger partial charge >= 0.3 is 0 Å². The summed E-state index contributed by atoms with van der Waals surface area (Å²) in [6.45, 7) is 1.87. The second-order valence-electron chi connectivity index (χ2n) is 5.34. The van der Waals surface area contributed by atoms with Crippen molar-refractivity contribution in [2.75, 3.05) is 0 Å². The molecular formula is C14H16BrFN4. The van der Waals surface area contributed by atoms with Crippen molar-refractivity contribution in [1.82, 2.24) is 20.2 Å². The van der Waals surface area contributed by atoms with Crippen LogP contribution >= 0.6 is 15.9 Å². The van der Waals surface area contributed by atoms with Gasteiger partial charge in [-0.25, -0.2) is 4.39 Å². The van der Waals surface area contributed by atoms with Crippen LogP contribution in [0.2, 0.25) is 0 Å². The molecule has 0 atom stereocenters. The van der Waals surface area contributed by atoms with Crippen molar-refractivity contribution in [1.29, 1.82) is 0 Å². The normalized spacial score (nSPS) is 16.6. The van der Waals surface area contributed by atoms with E-state index in [9.17, 15) is 4.39 Å². The highest BCUT2D eigenvalue weighted by atomic mass is 79.9. The molecule has 0 bridgehead atoms. The van der Waals surface area contributed by atoms with Gasteiger partial charge in [0, 0.05) is 5.92 Å². The number of aryl methyl sites for hydroxylation is 1. The van der Waals surface area contributed by atoms with Gasteiger partial charge < -0.3 is 0 Å². The number of rotatable bonds is 2. The van der Waals surface area contributed by atoms with E-state index < -0.39 is 0 Å². The van der Waals surface area contributed by atoms with Crippen molar-refractivity contribution in [3.63, 3.8) is 0 Å². The maximum atomic E-state index is 13.5. The van der Waals surface area contributed by atoms with Crippen LogP contribution in [-0.2, 0) is 0 Å². The molecule has 1 aliphatic carbocycles. The van der Waals surface area contributed by atoms with Gasteiger partial charge in [-0.1, -0.05) is 19.3 Å². The molecule has 1 aliphatic rings. The van der Waals surface area contributed by atoms with E-state index >= 15 is 0 Å². The van der Waals surface area contributed by atoms with E-state index in [1.54, 1.807) is 10.7 Å². The zero-order chi connectivity index (χ0) is 14.1. The summed E-state index contributed by atoms with van der Waals surface area (Å²) in [6, 6.07) is 3.25. The van der Waals surface area contributed by atoms with Gasteiger partial charge in [-0.05, 0) is 63.8 Å². The lowest BCUT2D eigenvalue weighted by Gasteiger charge is -2.21. The maximum Gasteiger partial charge on any atom is 0.159 e. The summed E-state index contributed by atoms with van der Waals surface area (Å²) < 4.78 is 15.7. The summed E-state index contributed by atoms with van der Waals surface area (Å²) in [6.07, 6.45) is 6.00. The average molecular weight is 339 g/mol. The van der Waals surface area contributed by atoms with Crippen LogP contribution in [0.3, 0.4) is 0 Å². The Hall–Kier alpha value is -1.30. The zero-order valence-electron chi connectivity index (χ0n) is 11.3. The van der Waals surface area contributed by atoms with Gasteiger partial charge in [-0.2, -0.15) is 4.68 Å². The lowest BCUT2D eigenvalue weighted by Crippen LogP contribution is -2.13. The van der Waals surface area contributed by atoms with Gasteiger partial charge in [0.25, 0.3) is 0 Å². The monoisotopic (exact) mass is 338 g/mol. The van der Waals surface area contributed by atoms with Crippen LogP contribution in [0.1, 0.15) is 49.4 Å². The summed E-state index contributed by atoms with van der Waals surface area (Å²) >= 11 is 3.23. The summed E-state index contributed by atoms with van der Waals surface area (Å²) in [4.78, 5) is 0. The lowest BCUT2D eigenvalue weighted by atomic mass is 9.88. The summed E-state index contributed by atoms with van der Waals surface area (Å²) in [7, 11) is 0. The van der Waals surface area contributed by atoms with Crippen LogP contribution in [0.25, 0.3) is 5.69 Å². The first kappa shape index (κ1) is 13.7. The Morgan fingerprint density at radius 2 is 2.00 bits per heavy atom. The van der Waals surface area contributed by atoms with Crippen LogP contribution in [0.15, 0.2) is 16.6 Å². The second-order valence-corrected chi connectivity index (χ2v) is 6.19. The Balaban J connectivity index is 2.03. The zero-order valence-corrected chi connectivity index (χ0v) is 12.9. The van der Waals surface area contributed by atoms with E-state index in [1.807, 2.05) is 6.92 Å². The third-order valence-electron chi connectivity index (χ3n) is 3.93. The summed E-state index contributed by atoms with van der Waals surface area (Å²) in [5.74, 6) is 1.03. The predicted molar refractivity (Wildman–Crippen MR) is 77.4 cm³/mol. The predicted octanol–water partition coefficient (Wildman–Crippen LogP) is 3.92. The van der Waals surface area contributed by atoms with Gasteiger partial charge in [-0.3, -0.25) is 0 Å². The van der Waals surface area contributed by atoms with Crippen molar-refractivity contribution < 1.29 is 4.39 Å². The van der Waals surface area contributed by atoms with Crippen LogP contribution < -0.4 is 0 Å². The fourth-order valence-electron chi connectivity index (χ4n) is 2.84. The number of nitrogens with zero attached hydrogens (tertiary/aromatic N) is 4. The molecule has 0 aliphatic heterocycles. The molecule has 6 heteroatoms. The fourth-order valence-corrected chi connectivity index (χ4v) is 3.18. The minimum Gasteiger partial charge on any atom is -0.206 e. The second kappa shape index (κ2) is 5.60. The molecule has 0 N–H and O–H groups in total. The van der Waals surface area contributed by atoms with Crippen molar-refractivity contribution in [3.05, 3.63) is 33.8 Å². The Kier molecular flexibility index (Phi) is 3.83. The topological polar surface area (TPSA) is 43.6 Å². The number of hydrogen-bond acceptors (Lipinski definition) is 3. The van der Waals surface area contributed by atoms with E-state index in [0.29, 0.717) is 10.4 Å². The molecule has 1 saturated carbocycles. The SMILES string of the molecule is Cc1cc(F)c(Br)cc1-n1nnnc1C1CCCCC1. The van der Waals surface area contributed by atoms with Gasteiger partial charge in [-0.15, -0.1) is 5.10 Å². The van der Waals surface area contributed by atoms with E-state index in [2.05, 4.69) is 31.5 Å². The van der Waals surface area contributed by atoms with E-state index in [1.165, 1.54) is 25.3 Å². The molecule has 4 nitrogen and oxygen atoms in total. The minimum atomic E-state index is -0.265. The first-order chi connectivity index (χ1) is 9.66. The molecular weight excluding hydrogens is 323 g/mol. The summed E-state index contributed by atoms with van der Waals surface area (Å²) in [5.41, 5.74) is 1.67. The van der Waals surface area contributed by atoms with Crippen molar-refractivity contribution in [2.45, 2.75) is 44.9 Å². The van der Waals surface area contributed by atoms with Crippen LogP contribution in [-0.4, -0.2) is 20.2 Å². The van der Waals surface area contributed by atoms with Crippen molar-refractivity contribution in [3.8, 4) is 5.69 Å². The fraction of sp³-hybridized carbons (Fsp3) is 0.500. The largest absolute Gasteiger partial charge is 0.206 e. The highest BCUT2D eigenvalue weighted by molar-refractivity contribution is 9.10. The Morgan fingerprint density at radius 1 is 1.25 bits per heavy atom. The maximum absolute atomic E-state index is 13.5. The number of benzene rings is 1. The van der Waals surface area contributed by atoms with E-state index in [-0.39, 0.29) is 5.82 Å².